The summed E-state index contributed by atoms with van der Waals surface area (Å²) in [6, 6.07) is 5.85. The molecule has 1 N–H and O–H groups in total. The molecule has 1 aromatic rings. The molecule has 0 bridgehead atoms. The zero-order chi connectivity index (χ0) is 15.1. The van der Waals surface area contributed by atoms with Crippen molar-refractivity contribution in [2.45, 2.75) is 57.5 Å². The van der Waals surface area contributed by atoms with Crippen LogP contribution in [0, 0.1) is 0 Å². The Morgan fingerprint density at radius 2 is 2.10 bits per heavy atom. The maximum Gasteiger partial charge on any atom is 0.225 e. The first-order valence-corrected chi connectivity index (χ1v) is 8.03. The minimum absolute atomic E-state index is 0.0807. The quantitative estimate of drug-likeness (QED) is 0.839. The number of rotatable bonds is 7. The van der Waals surface area contributed by atoms with Gasteiger partial charge in [-0.25, -0.2) is 0 Å². The second-order valence-electron chi connectivity index (χ2n) is 6.06. The Bertz CT molecular complexity index is 441. The second-order valence-corrected chi connectivity index (χ2v) is 6.06. The van der Waals surface area contributed by atoms with Crippen molar-refractivity contribution >= 4 is 5.91 Å². The van der Waals surface area contributed by atoms with E-state index in [0.29, 0.717) is 6.54 Å². The Hall–Kier alpha value is -1.42. The summed E-state index contributed by atoms with van der Waals surface area (Å²) in [5, 5.41) is 10.4. The summed E-state index contributed by atoms with van der Waals surface area (Å²) < 4.78 is 0. The lowest BCUT2D eigenvalue weighted by Gasteiger charge is -2.27. The molecule has 0 spiro atoms. The largest absolute Gasteiger partial charge is 0.389 e. The molecule has 4 nitrogen and oxygen atoms in total. The Kier molecular flexibility index (Phi) is 5.74. The summed E-state index contributed by atoms with van der Waals surface area (Å²) in [5.74, 6) is 0.0807. The minimum Gasteiger partial charge on any atom is -0.389 e. The minimum atomic E-state index is -0.756. The number of hydrogen-bond donors (Lipinski definition) is 1. The van der Waals surface area contributed by atoms with Crippen LogP contribution in [0.25, 0.3) is 0 Å². The predicted molar refractivity (Wildman–Crippen MR) is 82.8 cm³/mol. The van der Waals surface area contributed by atoms with E-state index in [1.54, 1.807) is 6.20 Å². The number of hydrogen-bond acceptors (Lipinski definition) is 3. The van der Waals surface area contributed by atoms with Gasteiger partial charge in [-0.05, 0) is 31.4 Å². The van der Waals surface area contributed by atoms with Crippen LogP contribution < -0.4 is 0 Å². The van der Waals surface area contributed by atoms with Gasteiger partial charge >= 0.3 is 0 Å². The standard InChI is InChI=1S/C17H26N2O2/c1-2-12-19(13-8-15-7-3-6-11-18-15)16(20)14-17(21)9-4-5-10-17/h3,6-7,11,21H,2,4-5,8-10,12-14H2,1H3. The number of amides is 1. The van der Waals surface area contributed by atoms with E-state index in [9.17, 15) is 9.90 Å². The molecule has 0 saturated heterocycles. The Morgan fingerprint density at radius 1 is 1.33 bits per heavy atom. The third-order valence-corrected chi connectivity index (χ3v) is 4.22. The van der Waals surface area contributed by atoms with E-state index in [1.807, 2.05) is 23.1 Å². The number of aromatic nitrogens is 1. The van der Waals surface area contributed by atoms with Gasteiger partial charge in [0.05, 0.1) is 12.0 Å². The molecule has 1 aliphatic rings. The average molecular weight is 290 g/mol. The van der Waals surface area contributed by atoms with E-state index in [1.165, 1.54) is 0 Å². The highest BCUT2D eigenvalue weighted by molar-refractivity contribution is 5.77. The molecule has 0 aromatic carbocycles. The van der Waals surface area contributed by atoms with Crippen molar-refractivity contribution in [3.8, 4) is 0 Å². The van der Waals surface area contributed by atoms with Gasteiger partial charge in [-0.1, -0.05) is 25.8 Å². The Balaban J connectivity index is 1.89. The van der Waals surface area contributed by atoms with Crippen LogP contribution in [0.5, 0.6) is 0 Å². The van der Waals surface area contributed by atoms with Gasteiger partial charge < -0.3 is 10.0 Å². The molecule has 1 saturated carbocycles. The molecule has 1 fully saturated rings. The molecule has 1 heterocycles. The maximum atomic E-state index is 12.5. The number of aliphatic hydroxyl groups is 1. The summed E-state index contributed by atoms with van der Waals surface area (Å²) in [6.07, 6.45) is 7.35. The van der Waals surface area contributed by atoms with E-state index in [0.717, 1.165) is 50.8 Å². The zero-order valence-corrected chi connectivity index (χ0v) is 12.9. The normalized spacial score (nSPS) is 16.9. The van der Waals surface area contributed by atoms with Crippen LogP contribution in [-0.4, -0.2) is 39.6 Å². The topological polar surface area (TPSA) is 53.4 Å². The first kappa shape index (κ1) is 16.0. The van der Waals surface area contributed by atoms with Gasteiger partial charge in [0.25, 0.3) is 0 Å². The highest BCUT2D eigenvalue weighted by atomic mass is 16.3. The fourth-order valence-corrected chi connectivity index (χ4v) is 3.03. The summed E-state index contributed by atoms with van der Waals surface area (Å²) in [4.78, 5) is 18.6. The third kappa shape index (κ3) is 4.81. The van der Waals surface area contributed by atoms with Gasteiger partial charge in [0, 0.05) is 31.4 Å². The van der Waals surface area contributed by atoms with Crippen LogP contribution in [-0.2, 0) is 11.2 Å². The molecular weight excluding hydrogens is 264 g/mol. The van der Waals surface area contributed by atoms with Gasteiger partial charge in [-0.3, -0.25) is 9.78 Å². The van der Waals surface area contributed by atoms with E-state index < -0.39 is 5.60 Å². The Morgan fingerprint density at radius 3 is 2.71 bits per heavy atom. The third-order valence-electron chi connectivity index (χ3n) is 4.22. The summed E-state index contributed by atoms with van der Waals surface area (Å²) in [5.41, 5.74) is 0.250. The SMILES string of the molecule is CCCN(CCc1ccccn1)C(=O)CC1(O)CCCC1. The van der Waals surface area contributed by atoms with Crippen LogP contribution in [0.4, 0.5) is 0 Å². The van der Waals surface area contributed by atoms with Gasteiger partial charge in [0.2, 0.25) is 5.91 Å². The molecule has 4 heteroatoms. The zero-order valence-electron chi connectivity index (χ0n) is 12.9. The lowest BCUT2D eigenvalue weighted by atomic mass is 9.97. The fourth-order valence-electron chi connectivity index (χ4n) is 3.03. The molecule has 2 rings (SSSR count). The van der Waals surface area contributed by atoms with Crippen molar-refractivity contribution < 1.29 is 9.90 Å². The first-order valence-electron chi connectivity index (χ1n) is 8.03. The second kappa shape index (κ2) is 7.55. The lowest BCUT2D eigenvalue weighted by molar-refractivity contribution is -0.136. The summed E-state index contributed by atoms with van der Waals surface area (Å²) >= 11 is 0. The van der Waals surface area contributed by atoms with Crippen LogP contribution in [0.3, 0.4) is 0 Å². The molecule has 0 atom stereocenters. The molecule has 0 unspecified atom stereocenters. The monoisotopic (exact) mass is 290 g/mol. The fraction of sp³-hybridized carbons (Fsp3) is 0.647. The van der Waals surface area contributed by atoms with E-state index in [4.69, 9.17) is 0 Å². The molecule has 21 heavy (non-hydrogen) atoms. The average Bonchev–Trinajstić information content (AvgIpc) is 2.90. The maximum absolute atomic E-state index is 12.5. The number of carbonyl (C=O) groups is 1. The highest BCUT2D eigenvalue weighted by Crippen LogP contribution is 2.32. The summed E-state index contributed by atoms with van der Waals surface area (Å²) in [6.45, 7) is 3.51. The molecule has 0 radical (unpaired) electrons. The molecule has 1 amide bonds. The van der Waals surface area contributed by atoms with Crippen molar-refractivity contribution in [2.24, 2.45) is 0 Å². The van der Waals surface area contributed by atoms with Crippen molar-refractivity contribution in [2.75, 3.05) is 13.1 Å². The van der Waals surface area contributed by atoms with Crippen LogP contribution >= 0.6 is 0 Å². The molecule has 1 aromatic heterocycles. The number of carbonyl (C=O) groups excluding carboxylic acids is 1. The molecule has 1 aliphatic carbocycles. The molecular formula is C17H26N2O2. The smallest absolute Gasteiger partial charge is 0.225 e. The highest BCUT2D eigenvalue weighted by Gasteiger charge is 2.34. The van der Waals surface area contributed by atoms with Gasteiger partial charge in [-0.2, -0.15) is 0 Å². The van der Waals surface area contributed by atoms with Crippen molar-refractivity contribution in [1.29, 1.82) is 0 Å². The Labute approximate surface area is 127 Å². The van der Waals surface area contributed by atoms with Crippen LogP contribution in [0.15, 0.2) is 24.4 Å². The van der Waals surface area contributed by atoms with E-state index in [-0.39, 0.29) is 12.3 Å². The summed E-state index contributed by atoms with van der Waals surface area (Å²) in [7, 11) is 0. The predicted octanol–water partition coefficient (Wildman–Crippen LogP) is 2.56. The molecule has 0 aliphatic heterocycles. The van der Waals surface area contributed by atoms with Crippen LogP contribution in [0.2, 0.25) is 0 Å². The molecule has 116 valence electrons. The number of nitrogens with zero attached hydrogens (tertiary/aromatic N) is 2. The van der Waals surface area contributed by atoms with Crippen LogP contribution in [0.1, 0.15) is 51.1 Å². The van der Waals surface area contributed by atoms with Gasteiger partial charge in [-0.15, -0.1) is 0 Å². The van der Waals surface area contributed by atoms with E-state index in [2.05, 4.69) is 11.9 Å². The van der Waals surface area contributed by atoms with Crippen molar-refractivity contribution in [1.82, 2.24) is 9.88 Å². The van der Waals surface area contributed by atoms with E-state index >= 15 is 0 Å². The number of pyridine rings is 1. The first-order chi connectivity index (χ1) is 10.1. The van der Waals surface area contributed by atoms with Gasteiger partial charge in [0.15, 0.2) is 0 Å². The van der Waals surface area contributed by atoms with Crippen molar-refractivity contribution in [3.05, 3.63) is 30.1 Å². The van der Waals surface area contributed by atoms with Crippen molar-refractivity contribution in [3.63, 3.8) is 0 Å². The van der Waals surface area contributed by atoms with Gasteiger partial charge in [0.1, 0.15) is 0 Å². The lowest BCUT2D eigenvalue weighted by Crippen LogP contribution is -2.39.